The first-order chi connectivity index (χ1) is 7.26. The maximum Gasteiger partial charge on any atom is 0.234 e. The van der Waals surface area contributed by atoms with Gasteiger partial charge in [0.15, 0.2) is 0 Å². The molecule has 0 aliphatic rings. The summed E-state index contributed by atoms with van der Waals surface area (Å²) in [6.07, 6.45) is 3.87. The molecule has 7 heteroatoms. The molecule has 1 rings (SSSR count). The zero-order valence-electron chi connectivity index (χ0n) is 8.64. The largest absolute Gasteiger partial charge is 0.349 e. The van der Waals surface area contributed by atoms with Crippen molar-refractivity contribution >= 4 is 17.7 Å². The average molecular weight is 229 g/mol. The molecule has 1 aromatic heterocycles. The van der Waals surface area contributed by atoms with Crippen LogP contribution in [0.1, 0.15) is 5.69 Å². The summed E-state index contributed by atoms with van der Waals surface area (Å²) >= 11 is 1.75. The highest BCUT2D eigenvalue weighted by molar-refractivity contribution is 7.98. The second kappa shape index (κ2) is 6.41. The van der Waals surface area contributed by atoms with Crippen LogP contribution in [0.5, 0.6) is 0 Å². The normalized spacial score (nSPS) is 10.3. The minimum Gasteiger partial charge on any atom is -0.349 e. The van der Waals surface area contributed by atoms with E-state index < -0.39 is 0 Å². The van der Waals surface area contributed by atoms with Crippen molar-refractivity contribution in [2.75, 3.05) is 18.6 Å². The van der Waals surface area contributed by atoms with Crippen molar-refractivity contribution in [3.8, 4) is 0 Å². The van der Waals surface area contributed by atoms with Gasteiger partial charge in [-0.1, -0.05) is 5.21 Å². The number of rotatable bonds is 6. The SMILES string of the molecule is CSCCn1cc(CNC(=O)CN)nn1. The molecule has 15 heavy (non-hydrogen) atoms. The van der Waals surface area contributed by atoms with Gasteiger partial charge < -0.3 is 11.1 Å². The van der Waals surface area contributed by atoms with E-state index in [4.69, 9.17) is 5.73 Å². The van der Waals surface area contributed by atoms with Crippen LogP contribution in [0.2, 0.25) is 0 Å². The van der Waals surface area contributed by atoms with Gasteiger partial charge in [-0.15, -0.1) is 5.10 Å². The van der Waals surface area contributed by atoms with Crippen LogP contribution in [0.3, 0.4) is 0 Å². The van der Waals surface area contributed by atoms with E-state index in [1.54, 1.807) is 16.4 Å². The molecular formula is C8H15N5OS. The topological polar surface area (TPSA) is 85.8 Å². The van der Waals surface area contributed by atoms with Crippen molar-refractivity contribution in [1.29, 1.82) is 0 Å². The molecule has 0 saturated carbocycles. The van der Waals surface area contributed by atoms with E-state index in [0.717, 1.165) is 18.0 Å². The van der Waals surface area contributed by atoms with Crippen LogP contribution >= 0.6 is 11.8 Å². The molecule has 84 valence electrons. The van der Waals surface area contributed by atoms with Crippen LogP contribution in [-0.4, -0.2) is 39.5 Å². The molecule has 0 saturated heterocycles. The number of carbonyl (C=O) groups is 1. The van der Waals surface area contributed by atoms with Crippen LogP contribution in [0.4, 0.5) is 0 Å². The first-order valence-electron chi connectivity index (χ1n) is 4.61. The first kappa shape index (κ1) is 12.0. The first-order valence-corrected chi connectivity index (χ1v) is 6.00. The summed E-state index contributed by atoms with van der Waals surface area (Å²) in [6, 6.07) is 0. The van der Waals surface area contributed by atoms with Gasteiger partial charge in [-0.2, -0.15) is 11.8 Å². The number of thioether (sulfide) groups is 1. The summed E-state index contributed by atoms with van der Waals surface area (Å²) in [7, 11) is 0. The summed E-state index contributed by atoms with van der Waals surface area (Å²) in [4.78, 5) is 10.9. The number of carbonyl (C=O) groups excluding carboxylic acids is 1. The predicted molar refractivity (Wildman–Crippen MR) is 59.3 cm³/mol. The molecule has 0 aliphatic heterocycles. The molecule has 3 N–H and O–H groups in total. The number of nitrogens with zero attached hydrogens (tertiary/aromatic N) is 3. The smallest absolute Gasteiger partial charge is 0.234 e. The van der Waals surface area contributed by atoms with E-state index in [0.29, 0.717) is 6.54 Å². The highest BCUT2D eigenvalue weighted by Gasteiger charge is 2.02. The molecule has 0 spiro atoms. The van der Waals surface area contributed by atoms with E-state index in [-0.39, 0.29) is 12.5 Å². The van der Waals surface area contributed by atoms with Crippen molar-refractivity contribution in [3.05, 3.63) is 11.9 Å². The summed E-state index contributed by atoms with van der Waals surface area (Å²) in [5.41, 5.74) is 5.90. The van der Waals surface area contributed by atoms with Gasteiger partial charge >= 0.3 is 0 Å². The molecule has 0 fully saturated rings. The van der Waals surface area contributed by atoms with Gasteiger partial charge in [0.2, 0.25) is 5.91 Å². The Bertz CT molecular complexity index is 314. The lowest BCUT2D eigenvalue weighted by Gasteiger charge is -1.98. The van der Waals surface area contributed by atoms with E-state index in [2.05, 4.69) is 15.6 Å². The van der Waals surface area contributed by atoms with Crippen LogP contribution in [0.15, 0.2) is 6.20 Å². The Hall–Kier alpha value is -1.08. The third kappa shape index (κ3) is 4.30. The van der Waals surface area contributed by atoms with Crippen LogP contribution in [-0.2, 0) is 17.9 Å². The lowest BCUT2D eigenvalue weighted by atomic mass is 10.4. The zero-order valence-corrected chi connectivity index (χ0v) is 9.46. The quantitative estimate of drug-likeness (QED) is 0.668. The lowest BCUT2D eigenvalue weighted by molar-refractivity contribution is -0.119. The summed E-state index contributed by atoms with van der Waals surface area (Å²) in [5.74, 6) is 0.812. The van der Waals surface area contributed by atoms with E-state index in [1.807, 2.05) is 12.5 Å². The monoisotopic (exact) mass is 229 g/mol. The Morgan fingerprint density at radius 1 is 1.73 bits per heavy atom. The second-order valence-corrected chi connectivity index (χ2v) is 3.93. The van der Waals surface area contributed by atoms with E-state index in [9.17, 15) is 4.79 Å². The van der Waals surface area contributed by atoms with Crippen molar-refractivity contribution in [2.45, 2.75) is 13.1 Å². The molecule has 0 atom stereocenters. The molecule has 0 unspecified atom stereocenters. The van der Waals surface area contributed by atoms with E-state index >= 15 is 0 Å². The van der Waals surface area contributed by atoms with Crippen LogP contribution in [0, 0.1) is 0 Å². The Kier molecular flexibility index (Phi) is 5.13. The van der Waals surface area contributed by atoms with Crippen molar-refractivity contribution in [2.24, 2.45) is 5.73 Å². The fourth-order valence-corrected chi connectivity index (χ4v) is 1.34. The number of nitrogens with one attached hydrogen (secondary N) is 1. The Morgan fingerprint density at radius 2 is 2.53 bits per heavy atom. The van der Waals surface area contributed by atoms with Gasteiger partial charge in [-0.05, 0) is 6.26 Å². The van der Waals surface area contributed by atoms with Gasteiger partial charge in [0, 0.05) is 5.75 Å². The Labute approximate surface area is 92.6 Å². The van der Waals surface area contributed by atoms with Crippen molar-refractivity contribution in [3.63, 3.8) is 0 Å². The number of hydrogen-bond acceptors (Lipinski definition) is 5. The highest BCUT2D eigenvalue weighted by atomic mass is 32.2. The number of aromatic nitrogens is 3. The Morgan fingerprint density at radius 3 is 3.20 bits per heavy atom. The zero-order chi connectivity index (χ0) is 11.1. The molecule has 0 aliphatic carbocycles. The summed E-state index contributed by atoms with van der Waals surface area (Å²) in [5, 5.41) is 10.5. The Balaban J connectivity index is 2.35. The molecule has 1 heterocycles. The number of hydrogen-bond donors (Lipinski definition) is 2. The third-order valence-corrected chi connectivity index (χ3v) is 2.35. The average Bonchev–Trinajstić information content (AvgIpc) is 2.71. The van der Waals surface area contributed by atoms with Crippen molar-refractivity contribution < 1.29 is 4.79 Å². The van der Waals surface area contributed by atoms with Gasteiger partial charge in [0.05, 0.1) is 25.8 Å². The highest BCUT2D eigenvalue weighted by Crippen LogP contribution is 1.96. The third-order valence-electron chi connectivity index (χ3n) is 1.76. The van der Waals surface area contributed by atoms with Gasteiger partial charge in [0.1, 0.15) is 5.69 Å². The molecule has 1 aromatic rings. The molecule has 0 aromatic carbocycles. The van der Waals surface area contributed by atoms with Gasteiger partial charge in [0.25, 0.3) is 0 Å². The summed E-state index contributed by atoms with van der Waals surface area (Å²) in [6.45, 7) is 1.22. The number of aryl methyl sites for hydroxylation is 1. The van der Waals surface area contributed by atoms with Crippen LogP contribution < -0.4 is 11.1 Å². The maximum absolute atomic E-state index is 10.9. The minimum atomic E-state index is -0.186. The predicted octanol–water partition coefficient (Wildman–Crippen LogP) is -0.784. The second-order valence-electron chi connectivity index (χ2n) is 2.95. The lowest BCUT2D eigenvalue weighted by Crippen LogP contribution is -2.29. The van der Waals surface area contributed by atoms with Crippen LogP contribution in [0.25, 0.3) is 0 Å². The maximum atomic E-state index is 10.9. The molecule has 6 nitrogen and oxygen atoms in total. The van der Waals surface area contributed by atoms with Gasteiger partial charge in [-0.25, -0.2) is 0 Å². The fraction of sp³-hybridized carbons (Fsp3) is 0.625. The fourth-order valence-electron chi connectivity index (χ4n) is 0.975. The van der Waals surface area contributed by atoms with Gasteiger partial charge in [-0.3, -0.25) is 9.48 Å². The molecular weight excluding hydrogens is 214 g/mol. The molecule has 1 amide bonds. The number of nitrogens with two attached hydrogens (primary N) is 1. The standard InChI is InChI=1S/C8H15N5OS/c1-15-3-2-13-6-7(11-12-13)5-10-8(14)4-9/h6H,2-5,9H2,1H3,(H,10,14). The summed E-state index contributed by atoms with van der Waals surface area (Å²) < 4.78 is 1.76. The number of amides is 1. The molecule has 0 bridgehead atoms. The molecule has 0 radical (unpaired) electrons. The van der Waals surface area contributed by atoms with Crippen molar-refractivity contribution in [1.82, 2.24) is 20.3 Å². The minimum absolute atomic E-state index is 0.000607. The van der Waals surface area contributed by atoms with E-state index in [1.165, 1.54) is 0 Å².